The summed E-state index contributed by atoms with van der Waals surface area (Å²) in [5.41, 5.74) is 0.125. The highest BCUT2D eigenvalue weighted by Crippen LogP contribution is 2.19. The molecule has 0 unspecified atom stereocenters. The number of methoxy groups -OCH3 is 1. The van der Waals surface area contributed by atoms with Crippen LogP contribution in [-0.2, 0) is 4.74 Å². The van der Waals surface area contributed by atoms with Crippen LogP contribution in [0.5, 0.6) is 0 Å². The molecular formula is C8H7ClN2O3. The molecule has 0 spiro atoms. The van der Waals surface area contributed by atoms with Crippen LogP contribution in [0, 0.1) is 0 Å². The van der Waals surface area contributed by atoms with E-state index in [0.29, 0.717) is 6.29 Å². The van der Waals surface area contributed by atoms with Crippen molar-refractivity contribution in [3.05, 3.63) is 22.8 Å². The van der Waals surface area contributed by atoms with Gasteiger partial charge in [-0.2, -0.15) is 0 Å². The van der Waals surface area contributed by atoms with Crippen molar-refractivity contribution in [2.24, 2.45) is 0 Å². The number of halogens is 1. The van der Waals surface area contributed by atoms with E-state index in [9.17, 15) is 9.59 Å². The number of nitrogens with zero attached hydrogens (tertiary/aromatic N) is 1. The zero-order valence-corrected chi connectivity index (χ0v) is 8.04. The molecule has 14 heavy (non-hydrogen) atoms. The van der Waals surface area contributed by atoms with Gasteiger partial charge in [0, 0.05) is 6.20 Å². The first kappa shape index (κ1) is 10.5. The monoisotopic (exact) mass is 214 g/mol. The van der Waals surface area contributed by atoms with Gasteiger partial charge < -0.3 is 4.74 Å². The zero-order chi connectivity index (χ0) is 10.6. The second kappa shape index (κ2) is 4.57. The van der Waals surface area contributed by atoms with Gasteiger partial charge in [0.15, 0.2) is 6.29 Å². The van der Waals surface area contributed by atoms with Gasteiger partial charge in [-0.25, -0.2) is 9.78 Å². The fourth-order valence-electron chi connectivity index (χ4n) is 0.809. The van der Waals surface area contributed by atoms with E-state index >= 15 is 0 Å². The van der Waals surface area contributed by atoms with Crippen molar-refractivity contribution in [2.45, 2.75) is 0 Å². The number of nitrogens with one attached hydrogen (secondary N) is 1. The van der Waals surface area contributed by atoms with Crippen LogP contribution in [-0.4, -0.2) is 24.5 Å². The summed E-state index contributed by atoms with van der Waals surface area (Å²) < 4.78 is 4.34. The lowest BCUT2D eigenvalue weighted by Gasteiger charge is -2.05. The maximum absolute atomic E-state index is 10.8. The maximum atomic E-state index is 10.8. The highest BCUT2D eigenvalue weighted by atomic mass is 35.5. The quantitative estimate of drug-likeness (QED) is 0.762. The van der Waals surface area contributed by atoms with Crippen molar-refractivity contribution >= 4 is 29.8 Å². The minimum Gasteiger partial charge on any atom is -0.453 e. The third-order valence-corrected chi connectivity index (χ3v) is 1.79. The second-order valence-electron chi connectivity index (χ2n) is 2.29. The van der Waals surface area contributed by atoms with E-state index in [0.717, 1.165) is 0 Å². The molecule has 6 heteroatoms. The average Bonchev–Trinajstić information content (AvgIpc) is 2.18. The van der Waals surface area contributed by atoms with Gasteiger partial charge in [-0.3, -0.25) is 10.1 Å². The molecule has 0 atom stereocenters. The van der Waals surface area contributed by atoms with Crippen LogP contribution in [0.4, 0.5) is 10.6 Å². The molecule has 0 aliphatic heterocycles. The Labute approximate surface area is 85.0 Å². The number of aromatic nitrogens is 1. The van der Waals surface area contributed by atoms with Crippen LogP contribution in [0.2, 0.25) is 5.02 Å². The summed E-state index contributed by atoms with van der Waals surface area (Å²) >= 11 is 5.69. The summed E-state index contributed by atoms with van der Waals surface area (Å²) in [6.45, 7) is 0. The highest BCUT2D eigenvalue weighted by Gasteiger charge is 2.10. The van der Waals surface area contributed by atoms with Gasteiger partial charge in [-0.1, -0.05) is 11.6 Å². The Kier molecular flexibility index (Phi) is 3.41. The standard InChI is InChI=1S/C8H7ClN2O3/c1-14-8(13)11-7-5(4-12)6(9)2-3-10-7/h2-4H,1H3,(H,10,11,13). The molecule has 74 valence electrons. The Hall–Kier alpha value is -1.62. The van der Waals surface area contributed by atoms with Gasteiger partial charge in [-0.15, -0.1) is 0 Å². The topological polar surface area (TPSA) is 68.3 Å². The SMILES string of the molecule is COC(=O)Nc1nccc(Cl)c1C=O. The Morgan fingerprint density at radius 2 is 2.43 bits per heavy atom. The molecule has 0 radical (unpaired) electrons. The van der Waals surface area contributed by atoms with Gasteiger partial charge in [-0.05, 0) is 6.07 Å². The van der Waals surface area contributed by atoms with Crippen LogP contribution in [0.3, 0.4) is 0 Å². The minimum absolute atomic E-state index is 0.0827. The fourth-order valence-corrected chi connectivity index (χ4v) is 0.999. The number of aldehydes is 1. The van der Waals surface area contributed by atoms with Crippen LogP contribution < -0.4 is 5.32 Å². The molecule has 1 aromatic heterocycles. The molecule has 0 aliphatic carbocycles. The molecular weight excluding hydrogens is 208 g/mol. The van der Waals surface area contributed by atoms with E-state index in [1.54, 1.807) is 0 Å². The molecule has 0 bridgehead atoms. The Balaban J connectivity index is 3.02. The zero-order valence-electron chi connectivity index (χ0n) is 7.28. The van der Waals surface area contributed by atoms with Crippen LogP contribution in [0.25, 0.3) is 0 Å². The summed E-state index contributed by atoms with van der Waals surface area (Å²) in [5, 5.41) is 2.49. The lowest BCUT2D eigenvalue weighted by Crippen LogP contribution is -2.13. The number of amides is 1. The molecule has 0 fully saturated rings. The van der Waals surface area contributed by atoms with Crippen LogP contribution >= 0.6 is 11.6 Å². The lowest BCUT2D eigenvalue weighted by atomic mass is 10.3. The third-order valence-electron chi connectivity index (χ3n) is 1.46. The predicted octanol–water partition coefficient (Wildman–Crippen LogP) is 1.73. The molecule has 1 N–H and O–H groups in total. The van der Waals surface area contributed by atoms with Gasteiger partial charge in [0.25, 0.3) is 0 Å². The molecule has 1 amide bonds. The number of carbonyl (C=O) groups is 2. The Bertz CT molecular complexity index is 368. The third kappa shape index (κ3) is 2.20. The van der Waals surface area contributed by atoms with Gasteiger partial charge in [0.05, 0.1) is 17.7 Å². The summed E-state index contributed by atoms with van der Waals surface area (Å²) in [6, 6.07) is 1.45. The van der Waals surface area contributed by atoms with Gasteiger partial charge in [0.1, 0.15) is 5.82 Å². The Morgan fingerprint density at radius 1 is 1.71 bits per heavy atom. The first-order valence-corrected chi connectivity index (χ1v) is 4.01. The number of pyridine rings is 1. The molecule has 1 aromatic rings. The molecule has 0 aliphatic rings. The van der Waals surface area contributed by atoms with Crippen molar-refractivity contribution in [2.75, 3.05) is 12.4 Å². The van der Waals surface area contributed by atoms with Crippen molar-refractivity contribution < 1.29 is 14.3 Å². The van der Waals surface area contributed by atoms with Crippen LogP contribution in [0.1, 0.15) is 10.4 Å². The van der Waals surface area contributed by atoms with E-state index in [1.807, 2.05) is 0 Å². The number of ether oxygens (including phenoxy) is 1. The van der Waals surface area contributed by atoms with E-state index in [2.05, 4.69) is 15.0 Å². The molecule has 0 saturated heterocycles. The summed E-state index contributed by atoms with van der Waals surface area (Å²) in [7, 11) is 1.21. The first-order valence-electron chi connectivity index (χ1n) is 3.63. The lowest BCUT2D eigenvalue weighted by molar-refractivity contribution is 0.112. The maximum Gasteiger partial charge on any atom is 0.412 e. The molecule has 1 heterocycles. The smallest absolute Gasteiger partial charge is 0.412 e. The summed E-state index contributed by atoms with van der Waals surface area (Å²) in [6.07, 6.45) is 1.18. The van der Waals surface area contributed by atoms with Crippen molar-refractivity contribution in [3.8, 4) is 0 Å². The number of hydrogen-bond donors (Lipinski definition) is 1. The van der Waals surface area contributed by atoms with E-state index in [-0.39, 0.29) is 16.4 Å². The first-order chi connectivity index (χ1) is 6.69. The largest absolute Gasteiger partial charge is 0.453 e. The highest BCUT2D eigenvalue weighted by molar-refractivity contribution is 6.33. The number of rotatable bonds is 2. The number of hydrogen-bond acceptors (Lipinski definition) is 4. The Morgan fingerprint density at radius 3 is 3.00 bits per heavy atom. The molecule has 1 rings (SSSR count). The average molecular weight is 215 g/mol. The summed E-state index contributed by atoms with van der Waals surface area (Å²) in [5.74, 6) is 0.0827. The van der Waals surface area contributed by atoms with E-state index in [4.69, 9.17) is 11.6 Å². The fraction of sp³-hybridized carbons (Fsp3) is 0.125. The van der Waals surface area contributed by atoms with Gasteiger partial charge >= 0.3 is 6.09 Å². The molecule has 0 saturated carbocycles. The van der Waals surface area contributed by atoms with Gasteiger partial charge in [0.2, 0.25) is 0 Å². The second-order valence-corrected chi connectivity index (χ2v) is 2.70. The molecule has 0 aromatic carbocycles. The normalized spacial score (nSPS) is 9.29. The minimum atomic E-state index is -0.706. The number of anilines is 1. The van der Waals surface area contributed by atoms with Crippen molar-refractivity contribution in [1.82, 2.24) is 4.98 Å². The number of carbonyl (C=O) groups excluding carboxylic acids is 2. The molecule has 5 nitrogen and oxygen atoms in total. The van der Waals surface area contributed by atoms with Crippen LogP contribution in [0.15, 0.2) is 12.3 Å². The van der Waals surface area contributed by atoms with Crippen molar-refractivity contribution in [1.29, 1.82) is 0 Å². The van der Waals surface area contributed by atoms with E-state index < -0.39 is 6.09 Å². The van der Waals surface area contributed by atoms with Crippen molar-refractivity contribution in [3.63, 3.8) is 0 Å². The summed E-state index contributed by atoms with van der Waals surface area (Å²) in [4.78, 5) is 25.2. The van der Waals surface area contributed by atoms with E-state index in [1.165, 1.54) is 19.4 Å². The predicted molar refractivity (Wildman–Crippen MR) is 50.7 cm³/mol.